The summed E-state index contributed by atoms with van der Waals surface area (Å²) in [6.07, 6.45) is 8.74. The Morgan fingerprint density at radius 3 is 2.70 bits per heavy atom. The summed E-state index contributed by atoms with van der Waals surface area (Å²) >= 11 is 0. The summed E-state index contributed by atoms with van der Waals surface area (Å²) < 4.78 is 8.19. The van der Waals surface area contributed by atoms with E-state index in [1.165, 1.54) is 59.8 Å². The largest absolute Gasteiger partial charge is 0.497 e. The minimum Gasteiger partial charge on any atom is -0.497 e. The SMILES string of the molecule is C=CCN1CCn2c(c(C3CCCCC3)c3ccccc32)-c2ccc(OC)cc2C1. The number of hydrogen-bond donors (Lipinski definition) is 0. The lowest BCUT2D eigenvalue weighted by atomic mass is 9.81. The Labute approximate surface area is 180 Å². The molecule has 0 spiro atoms. The van der Waals surface area contributed by atoms with Crippen molar-refractivity contribution in [2.24, 2.45) is 0 Å². The highest BCUT2D eigenvalue weighted by Crippen LogP contribution is 2.45. The maximum absolute atomic E-state index is 5.60. The summed E-state index contributed by atoms with van der Waals surface area (Å²) in [5, 5.41) is 1.46. The molecule has 30 heavy (non-hydrogen) atoms. The summed E-state index contributed by atoms with van der Waals surface area (Å²) in [6.45, 7) is 7.87. The molecule has 2 aromatic carbocycles. The van der Waals surface area contributed by atoms with Crippen molar-refractivity contribution in [3.63, 3.8) is 0 Å². The molecule has 1 aliphatic carbocycles. The lowest BCUT2D eigenvalue weighted by Crippen LogP contribution is -2.29. The molecule has 3 heteroatoms. The van der Waals surface area contributed by atoms with Gasteiger partial charge in [0.2, 0.25) is 0 Å². The van der Waals surface area contributed by atoms with E-state index in [4.69, 9.17) is 4.74 Å². The van der Waals surface area contributed by atoms with Crippen LogP contribution in [0.2, 0.25) is 0 Å². The summed E-state index contributed by atoms with van der Waals surface area (Å²) in [7, 11) is 1.76. The lowest BCUT2D eigenvalue weighted by Gasteiger charge is -2.29. The number of benzene rings is 2. The molecule has 0 unspecified atom stereocenters. The summed E-state index contributed by atoms with van der Waals surface area (Å²) in [4.78, 5) is 2.49. The number of rotatable bonds is 4. The molecule has 5 rings (SSSR count). The molecule has 0 N–H and O–H groups in total. The zero-order valence-electron chi connectivity index (χ0n) is 18.1. The molecule has 0 radical (unpaired) electrons. The second-order valence-corrected chi connectivity index (χ2v) is 8.81. The highest BCUT2D eigenvalue weighted by Gasteiger charge is 2.28. The standard InChI is InChI=1S/C27H32N2O/c1-3-15-28-16-17-29-25-12-8-7-11-24(25)26(20-9-5-4-6-10-20)27(29)23-14-13-22(30-2)18-21(23)19-28/h3,7-8,11-14,18,20H,1,4-6,9-10,15-17,19H2,2H3. The average Bonchev–Trinajstić information content (AvgIpc) is 3.10. The van der Waals surface area contributed by atoms with Gasteiger partial charge in [-0.3, -0.25) is 4.90 Å². The molecule has 1 fully saturated rings. The molecule has 0 atom stereocenters. The predicted octanol–water partition coefficient (Wildman–Crippen LogP) is 6.37. The van der Waals surface area contributed by atoms with E-state index in [0.29, 0.717) is 5.92 Å². The summed E-state index contributed by atoms with van der Waals surface area (Å²) in [6, 6.07) is 15.7. The van der Waals surface area contributed by atoms with Gasteiger partial charge in [-0.25, -0.2) is 0 Å². The van der Waals surface area contributed by atoms with Crippen molar-refractivity contribution in [1.82, 2.24) is 9.47 Å². The molecule has 1 saturated carbocycles. The Hall–Kier alpha value is -2.52. The first-order chi connectivity index (χ1) is 14.8. The van der Waals surface area contributed by atoms with E-state index >= 15 is 0 Å². The van der Waals surface area contributed by atoms with Crippen LogP contribution in [0.15, 0.2) is 55.1 Å². The molecule has 0 saturated heterocycles. The normalized spacial score (nSPS) is 17.8. The first kappa shape index (κ1) is 19.4. The minimum atomic E-state index is 0.665. The van der Waals surface area contributed by atoms with Crippen LogP contribution in [0.5, 0.6) is 5.75 Å². The Balaban J connectivity index is 1.77. The fourth-order valence-corrected chi connectivity index (χ4v) is 5.62. The first-order valence-electron chi connectivity index (χ1n) is 11.4. The topological polar surface area (TPSA) is 17.4 Å². The number of ether oxygens (including phenoxy) is 1. The third-order valence-electron chi connectivity index (χ3n) is 7.01. The van der Waals surface area contributed by atoms with Crippen LogP contribution in [0.4, 0.5) is 0 Å². The molecule has 1 aromatic heterocycles. The Morgan fingerprint density at radius 1 is 1.07 bits per heavy atom. The number of fused-ring (bicyclic) bond motifs is 5. The molecule has 2 aliphatic rings. The van der Waals surface area contributed by atoms with E-state index < -0.39 is 0 Å². The van der Waals surface area contributed by atoms with Gasteiger partial charge in [0.1, 0.15) is 5.75 Å². The minimum absolute atomic E-state index is 0.665. The van der Waals surface area contributed by atoms with Crippen molar-refractivity contribution in [1.29, 1.82) is 0 Å². The molecule has 2 heterocycles. The van der Waals surface area contributed by atoms with E-state index in [1.807, 2.05) is 6.08 Å². The van der Waals surface area contributed by atoms with Gasteiger partial charge in [-0.05, 0) is 54.2 Å². The van der Waals surface area contributed by atoms with Gasteiger partial charge in [0.05, 0.1) is 12.8 Å². The second-order valence-electron chi connectivity index (χ2n) is 8.81. The molecule has 0 bridgehead atoms. The highest BCUT2D eigenvalue weighted by atomic mass is 16.5. The predicted molar refractivity (Wildman–Crippen MR) is 125 cm³/mol. The fourth-order valence-electron chi connectivity index (χ4n) is 5.62. The van der Waals surface area contributed by atoms with E-state index in [0.717, 1.165) is 31.9 Å². The molecule has 3 aromatic rings. The second kappa shape index (κ2) is 8.31. The van der Waals surface area contributed by atoms with Gasteiger partial charge < -0.3 is 9.30 Å². The number of methoxy groups -OCH3 is 1. The van der Waals surface area contributed by atoms with Gasteiger partial charge in [-0.15, -0.1) is 6.58 Å². The smallest absolute Gasteiger partial charge is 0.119 e. The van der Waals surface area contributed by atoms with Crippen LogP contribution < -0.4 is 4.74 Å². The summed E-state index contributed by atoms with van der Waals surface area (Å²) in [5.41, 5.74) is 7.17. The monoisotopic (exact) mass is 400 g/mol. The van der Waals surface area contributed by atoms with Gasteiger partial charge in [-0.2, -0.15) is 0 Å². The maximum atomic E-state index is 5.60. The van der Waals surface area contributed by atoms with Crippen molar-refractivity contribution in [3.05, 3.63) is 66.2 Å². The van der Waals surface area contributed by atoms with Gasteiger partial charge >= 0.3 is 0 Å². The van der Waals surface area contributed by atoms with Crippen molar-refractivity contribution >= 4 is 10.9 Å². The van der Waals surface area contributed by atoms with Crippen LogP contribution in [0.3, 0.4) is 0 Å². The molecular weight excluding hydrogens is 368 g/mol. The highest BCUT2D eigenvalue weighted by molar-refractivity contribution is 5.93. The number of nitrogens with zero attached hydrogens (tertiary/aromatic N) is 2. The zero-order valence-corrected chi connectivity index (χ0v) is 18.1. The molecule has 0 amide bonds. The third kappa shape index (κ3) is 3.35. The van der Waals surface area contributed by atoms with Crippen LogP contribution in [-0.2, 0) is 13.1 Å². The van der Waals surface area contributed by atoms with Crippen LogP contribution >= 0.6 is 0 Å². The Kier molecular flexibility index (Phi) is 5.39. The first-order valence-corrected chi connectivity index (χ1v) is 11.4. The van der Waals surface area contributed by atoms with E-state index in [-0.39, 0.29) is 0 Å². The van der Waals surface area contributed by atoms with Crippen molar-refractivity contribution < 1.29 is 4.74 Å². The van der Waals surface area contributed by atoms with Crippen LogP contribution in [0, 0.1) is 0 Å². The Bertz CT molecular complexity index is 1060. The van der Waals surface area contributed by atoms with Crippen LogP contribution in [0.25, 0.3) is 22.2 Å². The lowest BCUT2D eigenvalue weighted by molar-refractivity contribution is 0.280. The quantitative estimate of drug-likeness (QED) is 0.474. The van der Waals surface area contributed by atoms with Crippen LogP contribution in [0.1, 0.15) is 49.1 Å². The maximum Gasteiger partial charge on any atom is 0.119 e. The summed E-state index contributed by atoms with van der Waals surface area (Å²) in [5.74, 6) is 1.60. The van der Waals surface area contributed by atoms with Crippen molar-refractivity contribution in [3.8, 4) is 17.0 Å². The third-order valence-corrected chi connectivity index (χ3v) is 7.01. The number of para-hydroxylation sites is 1. The van der Waals surface area contributed by atoms with Gasteiger partial charge in [0.15, 0.2) is 0 Å². The molecule has 3 nitrogen and oxygen atoms in total. The van der Waals surface area contributed by atoms with Gasteiger partial charge in [0, 0.05) is 42.6 Å². The zero-order chi connectivity index (χ0) is 20.5. The number of aromatic nitrogens is 1. The molecule has 1 aliphatic heterocycles. The Morgan fingerprint density at radius 2 is 1.90 bits per heavy atom. The van der Waals surface area contributed by atoms with Crippen LogP contribution in [-0.4, -0.2) is 29.7 Å². The van der Waals surface area contributed by atoms with Crippen molar-refractivity contribution in [2.75, 3.05) is 20.2 Å². The van der Waals surface area contributed by atoms with Gasteiger partial charge in [-0.1, -0.05) is 43.5 Å². The van der Waals surface area contributed by atoms with Crippen molar-refractivity contribution in [2.45, 2.75) is 51.1 Å². The molecular formula is C27H32N2O. The van der Waals surface area contributed by atoms with E-state index in [1.54, 1.807) is 12.7 Å². The van der Waals surface area contributed by atoms with E-state index in [2.05, 4.69) is 58.5 Å². The molecule has 156 valence electrons. The average molecular weight is 401 g/mol. The van der Waals surface area contributed by atoms with Gasteiger partial charge in [0.25, 0.3) is 0 Å². The van der Waals surface area contributed by atoms with E-state index in [9.17, 15) is 0 Å². The number of hydrogen-bond acceptors (Lipinski definition) is 2. The fraction of sp³-hybridized carbons (Fsp3) is 0.407.